The van der Waals surface area contributed by atoms with Crippen molar-refractivity contribution in [2.75, 3.05) is 19.0 Å². The third kappa shape index (κ3) is 4.22. The van der Waals surface area contributed by atoms with Gasteiger partial charge < -0.3 is 15.4 Å². The van der Waals surface area contributed by atoms with E-state index in [-0.39, 0.29) is 18.5 Å². The number of benzene rings is 2. The molecule has 0 heterocycles. The van der Waals surface area contributed by atoms with Gasteiger partial charge in [0.15, 0.2) is 6.61 Å². The van der Waals surface area contributed by atoms with Gasteiger partial charge in [0.1, 0.15) is 0 Å². The fraction of sp³-hybridized carbons (Fsp3) is 0.318. The molecule has 1 fully saturated rings. The predicted molar refractivity (Wildman–Crippen MR) is 106 cm³/mol. The van der Waals surface area contributed by atoms with Crippen LogP contribution in [-0.2, 0) is 19.7 Å². The average Bonchev–Trinajstić information content (AvgIpc) is 3.23. The highest BCUT2D eigenvalue weighted by molar-refractivity contribution is 5.97. The molecule has 2 amide bonds. The lowest BCUT2D eigenvalue weighted by Gasteiger charge is -2.27. The quantitative estimate of drug-likeness (QED) is 0.755. The van der Waals surface area contributed by atoms with Crippen LogP contribution >= 0.6 is 0 Å². The fourth-order valence-electron chi connectivity index (χ4n) is 3.70. The third-order valence-electron chi connectivity index (χ3n) is 5.14. The van der Waals surface area contributed by atoms with Crippen molar-refractivity contribution in [3.05, 3.63) is 65.7 Å². The van der Waals surface area contributed by atoms with Crippen LogP contribution in [0.3, 0.4) is 0 Å². The van der Waals surface area contributed by atoms with Crippen molar-refractivity contribution in [3.63, 3.8) is 0 Å². The summed E-state index contributed by atoms with van der Waals surface area (Å²) in [5, 5.41) is 5.20. The summed E-state index contributed by atoms with van der Waals surface area (Å²) in [6.07, 6.45) is 3.38. The molecule has 2 N–H and O–H groups in total. The molecule has 0 radical (unpaired) electrons. The Hall–Kier alpha value is -3.15. The van der Waals surface area contributed by atoms with E-state index in [9.17, 15) is 14.4 Å². The van der Waals surface area contributed by atoms with Crippen LogP contribution in [0, 0.1) is 0 Å². The van der Waals surface area contributed by atoms with Gasteiger partial charge in [-0.05, 0) is 36.6 Å². The lowest BCUT2D eigenvalue weighted by Crippen LogP contribution is -2.36. The predicted octanol–water partition coefficient (Wildman–Crippen LogP) is 3.04. The van der Waals surface area contributed by atoms with Crippen molar-refractivity contribution in [1.29, 1.82) is 0 Å². The Morgan fingerprint density at radius 2 is 1.71 bits per heavy atom. The molecule has 6 nitrogen and oxygen atoms in total. The Morgan fingerprint density at radius 3 is 2.39 bits per heavy atom. The number of hydrogen-bond donors (Lipinski definition) is 2. The number of ether oxygens (including phenoxy) is 1. The highest BCUT2D eigenvalue weighted by Gasteiger charge is 2.44. The monoisotopic (exact) mass is 380 g/mol. The topological polar surface area (TPSA) is 84.5 Å². The Balaban J connectivity index is 1.62. The van der Waals surface area contributed by atoms with E-state index >= 15 is 0 Å². The van der Waals surface area contributed by atoms with E-state index in [1.54, 1.807) is 31.3 Å². The summed E-state index contributed by atoms with van der Waals surface area (Å²) < 4.78 is 5.39. The molecular formula is C22H24N2O4. The SMILES string of the molecule is CNC(=O)c1cccc(NC(=O)COC(=O)C2(c3ccccc3)CCCC2)c1. The first kappa shape index (κ1) is 19.6. The molecule has 0 spiro atoms. The van der Waals surface area contributed by atoms with E-state index in [4.69, 9.17) is 4.74 Å². The molecule has 0 atom stereocenters. The van der Waals surface area contributed by atoms with Gasteiger partial charge >= 0.3 is 5.97 Å². The minimum Gasteiger partial charge on any atom is -0.455 e. The number of rotatable bonds is 6. The van der Waals surface area contributed by atoms with Crippen molar-refractivity contribution in [2.45, 2.75) is 31.1 Å². The second-order valence-corrected chi connectivity index (χ2v) is 6.94. The molecule has 1 saturated carbocycles. The number of esters is 1. The summed E-state index contributed by atoms with van der Waals surface area (Å²) in [5.74, 6) is -1.04. The van der Waals surface area contributed by atoms with E-state index < -0.39 is 11.3 Å². The highest BCUT2D eigenvalue weighted by atomic mass is 16.5. The zero-order valence-electron chi connectivity index (χ0n) is 15.9. The number of carbonyl (C=O) groups excluding carboxylic acids is 3. The van der Waals surface area contributed by atoms with Gasteiger partial charge in [0.2, 0.25) is 0 Å². The fourth-order valence-corrected chi connectivity index (χ4v) is 3.70. The third-order valence-corrected chi connectivity index (χ3v) is 5.14. The van der Waals surface area contributed by atoms with E-state index in [2.05, 4.69) is 10.6 Å². The average molecular weight is 380 g/mol. The van der Waals surface area contributed by atoms with Crippen LogP contribution in [0.5, 0.6) is 0 Å². The summed E-state index contributed by atoms with van der Waals surface area (Å²) in [6.45, 7) is -0.363. The van der Waals surface area contributed by atoms with Crippen molar-refractivity contribution in [3.8, 4) is 0 Å². The molecule has 0 aliphatic heterocycles. The van der Waals surface area contributed by atoms with Crippen LogP contribution in [0.25, 0.3) is 0 Å². The van der Waals surface area contributed by atoms with Gasteiger partial charge in [-0.2, -0.15) is 0 Å². The van der Waals surface area contributed by atoms with Gasteiger partial charge in [-0.25, -0.2) is 0 Å². The van der Waals surface area contributed by atoms with Gasteiger partial charge in [0, 0.05) is 18.3 Å². The molecule has 1 aliphatic carbocycles. The molecule has 6 heteroatoms. The van der Waals surface area contributed by atoms with Crippen molar-refractivity contribution in [1.82, 2.24) is 5.32 Å². The summed E-state index contributed by atoms with van der Waals surface area (Å²) in [6, 6.07) is 16.2. The Labute approximate surface area is 164 Å². The lowest BCUT2D eigenvalue weighted by molar-refractivity contribution is -0.153. The van der Waals surface area contributed by atoms with E-state index in [0.29, 0.717) is 11.3 Å². The standard InChI is InChI=1S/C22H24N2O4/c1-23-20(26)16-8-7-11-18(14-16)24-19(25)15-28-21(27)22(12-5-6-13-22)17-9-3-2-4-10-17/h2-4,7-11,14H,5-6,12-13,15H2,1H3,(H,23,26)(H,24,25). The van der Waals surface area contributed by atoms with Crippen LogP contribution in [0.4, 0.5) is 5.69 Å². The first-order chi connectivity index (χ1) is 13.5. The molecule has 0 aromatic heterocycles. The molecule has 0 unspecified atom stereocenters. The number of hydrogen-bond acceptors (Lipinski definition) is 4. The van der Waals surface area contributed by atoms with Crippen molar-refractivity contribution in [2.24, 2.45) is 0 Å². The number of anilines is 1. The van der Waals surface area contributed by atoms with E-state index in [0.717, 1.165) is 31.2 Å². The summed E-state index contributed by atoms with van der Waals surface area (Å²) >= 11 is 0. The van der Waals surface area contributed by atoms with Crippen LogP contribution in [0.2, 0.25) is 0 Å². The first-order valence-electron chi connectivity index (χ1n) is 9.40. The summed E-state index contributed by atoms with van der Waals surface area (Å²) in [7, 11) is 1.54. The molecule has 1 aliphatic rings. The van der Waals surface area contributed by atoms with Gasteiger partial charge in [-0.15, -0.1) is 0 Å². The largest absolute Gasteiger partial charge is 0.455 e. The smallest absolute Gasteiger partial charge is 0.317 e. The molecule has 2 aromatic rings. The van der Waals surface area contributed by atoms with Gasteiger partial charge in [0.25, 0.3) is 11.8 Å². The maximum atomic E-state index is 12.9. The number of amides is 2. The highest BCUT2D eigenvalue weighted by Crippen LogP contribution is 2.42. The van der Waals surface area contributed by atoms with Crippen LogP contribution in [-0.4, -0.2) is 31.4 Å². The second-order valence-electron chi connectivity index (χ2n) is 6.94. The minimum absolute atomic E-state index is 0.242. The molecule has 2 aromatic carbocycles. The van der Waals surface area contributed by atoms with Crippen LogP contribution in [0.1, 0.15) is 41.6 Å². The van der Waals surface area contributed by atoms with Gasteiger partial charge in [-0.1, -0.05) is 49.2 Å². The maximum Gasteiger partial charge on any atom is 0.317 e. The molecule has 0 bridgehead atoms. The number of carbonyl (C=O) groups is 3. The van der Waals surface area contributed by atoms with Crippen LogP contribution < -0.4 is 10.6 Å². The normalized spacial score (nSPS) is 14.9. The Kier molecular flexibility index (Phi) is 6.09. The molecular weight excluding hydrogens is 356 g/mol. The second kappa shape index (κ2) is 8.69. The molecule has 0 saturated heterocycles. The van der Waals surface area contributed by atoms with Crippen molar-refractivity contribution < 1.29 is 19.1 Å². The molecule has 3 rings (SSSR count). The van der Waals surface area contributed by atoms with Crippen molar-refractivity contribution >= 4 is 23.5 Å². The lowest BCUT2D eigenvalue weighted by atomic mass is 9.79. The zero-order chi connectivity index (χ0) is 20.0. The molecule has 28 heavy (non-hydrogen) atoms. The van der Waals surface area contributed by atoms with Crippen LogP contribution in [0.15, 0.2) is 54.6 Å². The summed E-state index contributed by atoms with van der Waals surface area (Å²) in [5.41, 5.74) is 1.18. The van der Waals surface area contributed by atoms with E-state index in [1.165, 1.54) is 0 Å². The number of nitrogens with one attached hydrogen (secondary N) is 2. The van der Waals surface area contributed by atoms with Gasteiger partial charge in [0.05, 0.1) is 5.41 Å². The Bertz CT molecular complexity index is 858. The first-order valence-corrected chi connectivity index (χ1v) is 9.40. The maximum absolute atomic E-state index is 12.9. The molecule has 146 valence electrons. The zero-order valence-corrected chi connectivity index (χ0v) is 15.9. The van der Waals surface area contributed by atoms with Gasteiger partial charge in [-0.3, -0.25) is 14.4 Å². The minimum atomic E-state index is -0.666. The Morgan fingerprint density at radius 1 is 1.00 bits per heavy atom. The summed E-state index contributed by atoms with van der Waals surface area (Å²) in [4.78, 5) is 36.8. The van der Waals surface area contributed by atoms with E-state index in [1.807, 2.05) is 30.3 Å².